The lowest BCUT2D eigenvalue weighted by atomic mass is 10.2. The summed E-state index contributed by atoms with van der Waals surface area (Å²) in [4.78, 5) is 14.6. The van der Waals surface area contributed by atoms with Crippen molar-refractivity contribution in [3.8, 4) is 11.4 Å². The van der Waals surface area contributed by atoms with Crippen LogP contribution in [0, 0.1) is 10.1 Å². The van der Waals surface area contributed by atoms with Gasteiger partial charge in [0.05, 0.1) is 9.95 Å². The van der Waals surface area contributed by atoms with Crippen LogP contribution in [0.5, 0.6) is 0 Å². The molecule has 7 nitrogen and oxygen atoms in total. The summed E-state index contributed by atoms with van der Waals surface area (Å²) >= 11 is 7.26. The van der Waals surface area contributed by atoms with Crippen LogP contribution in [0.3, 0.4) is 0 Å². The van der Waals surface area contributed by atoms with E-state index < -0.39 is 4.92 Å². The summed E-state index contributed by atoms with van der Waals surface area (Å²) in [5.41, 5.74) is 0.673. The second-order valence-corrected chi connectivity index (χ2v) is 5.90. The van der Waals surface area contributed by atoms with E-state index in [4.69, 9.17) is 11.6 Å². The van der Waals surface area contributed by atoms with E-state index in [-0.39, 0.29) is 10.7 Å². The molecule has 0 aliphatic heterocycles. The van der Waals surface area contributed by atoms with Crippen molar-refractivity contribution in [2.75, 3.05) is 0 Å². The molecule has 0 fully saturated rings. The number of halogens is 1. The Hall–Kier alpha value is -2.45. The highest BCUT2D eigenvalue weighted by molar-refractivity contribution is 7.99. The summed E-state index contributed by atoms with van der Waals surface area (Å²) in [7, 11) is 1.77. The minimum absolute atomic E-state index is 0.0696. The average Bonchev–Trinajstić information content (AvgIpc) is 2.89. The fraction of sp³-hybridized carbons (Fsp3) is 0.0714. The van der Waals surface area contributed by atoms with Gasteiger partial charge >= 0.3 is 5.69 Å². The van der Waals surface area contributed by atoms with Gasteiger partial charge in [0, 0.05) is 24.9 Å². The van der Waals surface area contributed by atoms with Crippen LogP contribution >= 0.6 is 23.4 Å². The maximum Gasteiger partial charge on any atom is 0.301 e. The lowest BCUT2D eigenvalue weighted by molar-refractivity contribution is -0.388. The standard InChI is InChI=1S/C14H10ClN5O2S/c1-19-12(9-5-2-3-6-10(9)15)17-18-14(19)23-13-11(20(21)22)7-4-8-16-13/h2-8H,1H3. The number of pyridine rings is 1. The number of hydrogen-bond donors (Lipinski definition) is 0. The molecule has 0 radical (unpaired) electrons. The lowest BCUT2D eigenvalue weighted by Crippen LogP contribution is -1.97. The molecule has 3 rings (SSSR count). The van der Waals surface area contributed by atoms with Crippen molar-refractivity contribution in [3.05, 3.63) is 57.7 Å². The number of nitrogens with zero attached hydrogens (tertiary/aromatic N) is 5. The molecule has 116 valence electrons. The normalized spacial score (nSPS) is 10.7. The van der Waals surface area contributed by atoms with E-state index in [0.717, 1.165) is 17.3 Å². The number of benzene rings is 1. The largest absolute Gasteiger partial charge is 0.305 e. The first-order valence-electron chi connectivity index (χ1n) is 6.49. The third kappa shape index (κ3) is 3.03. The van der Waals surface area contributed by atoms with Crippen LogP contribution in [0.4, 0.5) is 5.69 Å². The molecule has 0 atom stereocenters. The van der Waals surface area contributed by atoms with Gasteiger partial charge in [-0.05, 0) is 30.0 Å². The minimum atomic E-state index is -0.472. The van der Waals surface area contributed by atoms with Crippen molar-refractivity contribution < 1.29 is 4.92 Å². The third-order valence-electron chi connectivity index (χ3n) is 3.09. The molecular formula is C14H10ClN5O2S. The van der Waals surface area contributed by atoms with Gasteiger partial charge in [0.2, 0.25) is 0 Å². The zero-order valence-electron chi connectivity index (χ0n) is 11.9. The summed E-state index contributed by atoms with van der Waals surface area (Å²) in [6, 6.07) is 10.2. The molecule has 0 saturated carbocycles. The van der Waals surface area contributed by atoms with Crippen molar-refractivity contribution in [2.24, 2.45) is 7.05 Å². The van der Waals surface area contributed by atoms with Gasteiger partial charge in [-0.1, -0.05) is 23.7 Å². The molecule has 0 aliphatic carbocycles. The van der Waals surface area contributed by atoms with Crippen LogP contribution < -0.4 is 0 Å². The quantitative estimate of drug-likeness (QED) is 0.529. The lowest BCUT2D eigenvalue weighted by Gasteiger charge is -2.05. The monoisotopic (exact) mass is 347 g/mol. The van der Waals surface area contributed by atoms with Crippen molar-refractivity contribution in [3.63, 3.8) is 0 Å². The van der Waals surface area contributed by atoms with Crippen LogP contribution in [0.1, 0.15) is 0 Å². The van der Waals surface area contributed by atoms with Gasteiger partial charge in [0.1, 0.15) is 0 Å². The molecular weight excluding hydrogens is 338 g/mol. The average molecular weight is 348 g/mol. The minimum Gasteiger partial charge on any atom is -0.305 e. The summed E-state index contributed by atoms with van der Waals surface area (Å²) < 4.78 is 1.73. The molecule has 0 aliphatic rings. The molecule has 0 saturated heterocycles. The van der Waals surface area contributed by atoms with E-state index in [1.165, 1.54) is 18.3 Å². The molecule has 3 aromatic rings. The smallest absolute Gasteiger partial charge is 0.301 e. The Balaban J connectivity index is 1.98. The molecule has 23 heavy (non-hydrogen) atoms. The van der Waals surface area contributed by atoms with Gasteiger partial charge in [0.15, 0.2) is 16.0 Å². The first-order chi connectivity index (χ1) is 11.1. The molecule has 0 unspecified atom stereocenters. The zero-order valence-corrected chi connectivity index (χ0v) is 13.5. The van der Waals surface area contributed by atoms with Crippen LogP contribution in [0.15, 0.2) is 52.8 Å². The number of aromatic nitrogens is 4. The molecule has 0 N–H and O–H groups in total. The van der Waals surface area contributed by atoms with Crippen molar-refractivity contribution in [2.45, 2.75) is 10.2 Å². The molecule has 1 aromatic carbocycles. The highest BCUT2D eigenvalue weighted by atomic mass is 35.5. The Bertz CT molecular complexity index is 883. The van der Waals surface area contributed by atoms with E-state index in [9.17, 15) is 10.1 Å². The number of rotatable bonds is 4. The maximum atomic E-state index is 11.1. The highest BCUT2D eigenvalue weighted by Gasteiger charge is 2.20. The van der Waals surface area contributed by atoms with Gasteiger partial charge in [-0.2, -0.15) is 0 Å². The third-order valence-corrected chi connectivity index (χ3v) is 4.46. The molecule has 0 bridgehead atoms. The summed E-state index contributed by atoms with van der Waals surface area (Å²) in [5, 5.41) is 20.6. The second-order valence-electron chi connectivity index (χ2n) is 4.53. The molecule has 0 spiro atoms. The summed E-state index contributed by atoms with van der Waals surface area (Å²) in [6.45, 7) is 0. The van der Waals surface area contributed by atoms with Crippen LogP contribution in [-0.4, -0.2) is 24.7 Å². The number of hydrogen-bond acceptors (Lipinski definition) is 6. The zero-order chi connectivity index (χ0) is 16.4. The predicted octanol–water partition coefficient (Wildman–Crippen LogP) is 3.59. The van der Waals surface area contributed by atoms with Gasteiger partial charge in [-0.15, -0.1) is 10.2 Å². The van der Waals surface area contributed by atoms with Crippen molar-refractivity contribution in [1.29, 1.82) is 0 Å². The van der Waals surface area contributed by atoms with Gasteiger partial charge in [-0.3, -0.25) is 10.1 Å². The Morgan fingerprint density at radius 1 is 1.22 bits per heavy atom. The van der Waals surface area contributed by atoms with E-state index in [2.05, 4.69) is 15.2 Å². The number of nitro groups is 1. The van der Waals surface area contributed by atoms with E-state index in [1.807, 2.05) is 18.2 Å². The van der Waals surface area contributed by atoms with Crippen molar-refractivity contribution in [1.82, 2.24) is 19.7 Å². The highest BCUT2D eigenvalue weighted by Crippen LogP contribution is 2.34. The Morgan fingerprint density at radius 3 is 2.74 bits per heavy atom. The van der Waals surface area contributed by atoms with Gasteiger partial charge in [-0.25, -0.2) is 4.98 Å². The Morgan fingerprint density at radius 2 is 2.00 bits per heavy atom. The fourth-order valence-corrected chi connectivity index (χ4v) is 3.03. The first kappa shape index (κ1) is 15.4. The van der Waals surface area contributed by atoms with Crippen LogP contribution in [0.25, 0.3) is 11.4 Å². The molecule has 2 heterocycles. The SMILES string of the molecule is Cn1c(Sc2ncccc2[N+](=O)[O-])nnc1-c1ccccc1Cl. The predicted molar refractivity (Wildman–Crippen MR) is 86.5 cm³/mol. The van der Waals surface area contributed by atoms with Gasteiger partial charge in [0.25, 0.3) is 0 Å². The molecule has 9 heteroatoms. The Kier molecular flexibility index (Phi) is 4.26. The van der Waals surface area contributed by atoms with E-state index >= 15 is 0 Å². The van der Waals surface area contributed by atoms with E-state index in [1.54, 1.807) is 17.7 Å². The fourth-order valence-electron chi connectivity index (χ4n) is 1.97. The summed E-state index contributed by atoms with van der Waals surface area (Å²) in [6.07, 6.45) is 1.50. The van der Waals surface area contributed by atoms with Crippen molar-refractivity contribution >= 4 is 29.1 Å². The van der Waals surface area contributed by atoms with E-state index in [0.29, 0.717) is 16.0 Å². The van der Waals surface area contributed by atoms with Crippen LogP contribution in [-0.2, 0) is 7.05 Å². The second kappa shape index (κ2) is 6.35. The first-order valence-corrected chi connectivity index (χ1v) is 7.69. The summed E-state index contributed by atoms with van der Waals surface area (Å²) in [5.74, 6) is 0.580. The Labute approximate surface area is 140 Å². The molecule has 2 aromatic heterocycles. The maximum absolute atomic E-state index is 11.1. The van der Waals surface area contributed by atoms with Crippen LogP contribution in [0.2, 0.25) is 5.02 Å². The molecule has 0 amide bonds. The van der Waals surface area contributed by atoms with Gasteiger partial charge < -0.3 is 4.57 Å². The topological polar surface area (TPSA) is 86.7 Å².